The molecule has 86 valence electrons. The van der Waals surface area contributed by atoms with Crippen LogP contribution < -0.4 is 11.1 Å². The third kappa shape index (κ3) is 9.14. The summed E-state index contributed by atoms with van der Waals surface area (Å²) < 4.78 is 0. The first-order chi connectivity index (χ1) is 7.06. The standard InChI is InChI=1S/C12H23N3/c1-5-9-14-12(13)15-11(4)8-6-7-10(2)3/h1,10-11H,6-9H2,2-4H3,(H3,13,14,15). The van der Waals surface area contributed by atoms with Gasteiger partial charge < -0.3 is 11.1 Å². The summed E-state index contributed by atoms with van der Waals surface area (Å²) in [5.41, 5.74) is 5.64. The lowest BCUT2D eigenvalue weighted by molar-refractivity contribution is 0.493. The highest BCUT2D eigenvalue weighted by atomic mass is 15.1. The lowest BCUT2D eigenvalue weighted by Gasteiger charge is -2.14. The molecule has 0 saturated heterocycles. The van der Waals surface area contributed by atoms with Gasteiger partial charge in [-0.15, -0.1) is 6.42 Å². The van der Waals surface area contributed by atoms with Crippen molar-refractivity contribution in [3.63, 3.8) is 0 Å². The highest BCUT2D eigenvalue weighted by molar-refractivity contribution is 5.78. The Labute approximate surface area is 93.5 Å². The van der Waals surface area contributed by atoms with Crippen LogP contribution >= 0.6 is 0 Å². The molecule has 0 spiro atoms. The minimum absolute atomic E-state index is 0.345. The molecule has 0 aliphatic rings. The number of hydrogen-bond donors (Lipinski definition) is 2. The molecule has 3 heteroatoms. The van der Waals surface area contributed by atoms with Crippen molar-refractivity contribution >= 4 is 5.96 Å². The molecule has 1 atom stereocenters. The maximum absolute atomic E-state index is 5.64. The van der Waals surface area contributed by atoms with Gasteiger partial charge in [0.1, 0.15) is 6.54 Å². The van der Waals surface area contributed by atoms with Gasteiger partial charge in [0.2, 0.25) is 0 Å². The number of terminal acetylenes is 1. The van der Waals surface area contributed by atoms with E-state index in [0.29, 0.717) is 18.5 Å². The lowest BCUT2D eigenvalue weighted by Crippen LogP contribution is -2.38. The third-order valence-electron chi connectivity index (χ3n) is 2.15. The minimum Gasteiger partial charge on any atom is -0.370 e. The van der Waals surface area contributed by atoms with Crippen molar-refractivity contribution in [2.75, 3.05) is 6.54 Å². The molecule has 0 aliphatic carbocycles. The molecule has 0 aromatic heterocycles. The van der Waals surface area contributed by atoms with Gasteiger partial charge in [-0.1, -0.05) is 32.6 Å². The molecule has 0 rings (SSSR count). The Hall–Kier alpha value is -1.17. The van der Waals surface area contributed by atoms with Gasteiger partial charge in [-0.2, -0.15) is 0 Å². The van der Waals surface area contributed by atoms with Crippen molar-refractivity contribution < 1.29 is 0 Å². The summed E-state index contributed by atoms with van der Waals surface area (Å²) in [6.45, 7) is 6.93. The Balaban J connectivity index is 3.64. The van der Waals surface area contributed by atoms with Crippen LogP contribution in [0.5, 0.6) is 0 Å². The van der Waals surface area contributed by atoms with E-state index < -0.39 is 0 Å². The number of rotatable bonds is 6. The predicted octanol–water partition coefficient (Wildman–Crippen LogP) is 1.74. The molecule has 0 heterocycles. The van der Waals surface area contributed by atoms with E-state index in [2.05, 4.69) is 37.0 Å². The normalized spacial score (nSPS) is 13.7. The van der Waals surface area contributed by atoms with Crippen LogP contribution in [0.1, 0.15) is 40.0 Å². The van der Waals surface area contributed by atoms with Crippen molar-refractivity contribution in [2.24, 2.45) is 16.6 Å². The van der Waals surface area contributed by atoms with Crippen molar-refractivity contribution in [1.82, 2.24) is 5.32 Å². The molecule has 0 bridgehead atoms. The summed E-state index contributed by atoms with van der Waals surface area (Å²) in [4.78, 5) is 3.97. The molecule has 0 aliphatic heterocycles. The first kappa shape index (κ1) is 13.8. The third-order valence-corrected chi connectivity index (χ3v) is 2.15. The van der Waals surface area contributed by atoms with Gasteiger partial charge >= 0.3 is 0 Å². The van der Waals surface area contributed by atoms with Crippen LogP contribution in [0.4, 0.5) is 0 Å². The first-order valence-electron chi connectivity index (χ1n) is 5.56. The summed E-state index contributed by atoms with van der Waals surface area (Å²) in [6, 6.07) is 0.366. The fourth-order valence-electron chi connectivity index (χ4n) is 1.33. The minimum atomic E-state index is 0.345. The fraction of sp³-hybridized carbons (Fsp3) is 0.750. The first-order valence-corrected chi connectivity index (χ1v) is 5.56. The van der Waals surface area contributed by atoms with Gasteiger partial charge in [0.05, 0.1) is 0 Å². The molecule has 0 fully saturated rings. The molecule has 0 radical (unpaired) electrons. The number of aliphatic imine (C=N–C) groups is 1. The molecule has 0 saturated carbocycles. The highest BCUT2D eigenvalue weighted by Gasteiger charge is 2.03. The molecule has 0 aromatic rings. The topological polar surface area (TPSA) is 50.4 Å². The largest absolute Gasteiger partial charge is 0.370 e. The van der Waals surface area contributed by atoms with E-state index in [1.54, 1.807) is 0 Å². The van der Waals surface area contributed by atoms with E-state index in [0.717, 1.165) is 12.3 Å². The smallest absolute Gasteiger partial charge is 0.189 e. The second-order valence-electron chi connectivity index (χ2n) is 4.28. The average Bonchev–Trinajstić information content (AvgIpc) is 2.14. The van der Waals surface area contributed by atoms with Crippen LogP contribution in [0.3, 0.4) is 0 Å². The molecule has 0 amide bonds. The van der Waals surface area contributed by atoms with Crippen molar-refractivity contribution in [3.05, 3.63) is 0 Å². The van der Waals surface area contributed by atoms with E-state index in [4.69, 9.17) is 12.2 Å². The van der Waals surface area contributed by atoms with Gasteiger partial charge in [-0.05, 0) is 19.3 Å². The van der Waals surface area contributed by atoms with Gasteiger partial charge in [0, 0.05) is 6.04 Å². The molecule has 3 nitrogen and oxygen atoms in total. The lowest BCUT2D eigenvalue weighted by atomic mass is 10.0. The maximum Gasteiger partial charge on any atom is 0.189 e. The van der Waals surface area contributed by atoms with Crippen LogP contribution in [-0.4, -0.2) is 18.5 Å². The zero-order valence-electron chi connectivity index (χ0n) is 10.1. The zero-order chi connectivity index (χ0) is 11.7. The Morgan fingerprint density at radius 3 is 2.60 bits per heavy atom. The Morgan fingerprint density at radius 1 is 1.40 bits per heavy atom. The summed E-state index contributed by atoms with van der Waals surface area (Å²) in [6.07, 6.45) is 8.67. The Bertz CT molecular complexity index is 226. The summed E-state index contributed by atoms with van der Waals surface area (Å²) in [5.74, 6) is 3.64. The van der Waals surface area contributed by atoms with Crippen molar-refractivity contribution in [1.29, 1.82) is 0 Å². The number of guanidine groups is 1. The second-order valence-corrected chi connectivity index (χ2v) is 4.28. The van der Waals surface area contributed by atoms with Crippen LogP contribution in [-0.2, 0) is 0 Å². The van der Waals surface area contributed by atoms with Crippen LogP contribution in [0.25, 0.3) is 0 Å². The molecular formula is C12H23N3. The number of nitrogens with two attached hydrogens (primary N) is 1. The average molecular weight is 209 g/mol. The summed E-state index contributed by atoms with van der Waals surface area (Å²) in [5, 5.41) is 3.12. The molecule has 3 N–H and O–H groups in total. The molecular weight excluding hydrogens is 186 g/mol. The van der Waals surface area contributed by atoms with Gasteiger partial charge in [-0.25, -0.2) is 4.99 Å². The van der Waals surface area contributed by atoms with E-state index in [-0.39, 0.29) is 0 Å². The van der Waals surface area contributed by atoms with Gasteiger partial charge in [-0.3, -0.25) is 0 Å². The van der Waals surface area contributed by atoms with Crippen LogP contribution in [0, 0.1) is 18.3 Å². The van der Waals surface area contributed by atoms with E-state index in [1.165, 1.54) is 12.8 Å². The van der Waals surface area contributed by atoms with Gasteiger partial charge in [0.15, 0.2) is 5.96 Å². The second kappa shape index (κ2) is 8.16. The van der Waals surface area contributed by atoms with Crippen LogP contribution in [0.2, 0.25) is 0 Å². The van der Waals surface area contributed by atoms with E-state index in [1.807, 2.05) is 0 Å². The molecule has 15 heavy (non-hydrogen) atoms. The Morgan fingerprint density at radius 2 is 2.07 bits per heavy atom. The van der Waals surface area contributed by atoms with Gasteiger partial charge in [0.25, 0.3) is 0 Å². The summed E-state index contributed by atoms with van der Waals surface area (Å²) in [7, 11) is 0. The Kier molecular flexibility index (Phi) is 7.53. The quantitative estimate of drug-likeness (QED) is 0.398. The van der Waals surface area contributed by atoms with Crippen molar-refractivity contribution in [3.8, 4) is 12.3 Å². The maximum atomic E-state index is 5.64. The zero-order valence-corrected chi connectivity index (χ0v) is 10.1. The van der Waals surface area contributed by atoms with Crippen molar-refractivity contribution in [2.45, 2.75) is 46.1 Å². The monoisotopic (exact) mass is 209 g/mol. The number of hydrogen-bond acceptors (Lipinski definition) is 1. The van der Waals surface area contributed by atoms with E-state index in [9.17, 15) is 0 Å². The summed E-state index contributed by atoms with van der Waals surface area (Å²) >= 11 is 0. The fourth-order valence-corrected chi connectivity index (χ4v) is 1.33. The molecule has 0 aromatic carbocycles. The van der Waals surface area contributed by atoms with Crippen LogP contribution in [0.15, 0.2) is 4.99 Å². The molecule has 1 unspecified atom stereocenters. The number of nitrogens with one attached hydrogen (secondary N) is 1. The predicted molar refractivity (Wildman–Crippen MR) is 66.6 cm³/mol. The highest BCUT2D eigenvalue weighted by Crippen LogP contribution is 2.07. The SMILES string of the molecule is C#CCN=C(N)NC(C)CCCC(C)C. The van der Waals surface area contributed by atoms with E-state index >= 15 is 0 Å². The number of nitrogens with zero attached hydrogens (tertiary/aromatic N) is 1.